The fraction of sp³-hybridized carbons (Fsp3) is 0.333. The summed E-state index contributed by atoms with van der Waals surface area (Å²) in [5.41, 5.74) is 5.12. The van der Waals surface area contributed by atoms with Crippen molar-refractivity contribution in [3.63, 3.8) is 0 Å². The second kappa shape index (κ2) is 10.0. The zero-order chi connectivity index (χ0) is 18.1. The number of rotatable bonds is 8. The monoisotopic (exact) mass is 334 g/mol. The van der Waals surface area contributed by atoms with Gasteiger partial charge in [-0.15, -0.1) is 0 Å². The van der Waals surface area contributed by atoms with E-state index in [0.29, 0.717) is 0 Å². The number of benzene rings is 2. The van der Waals surface area contributed by atoms with Crippen molar-refractivity contribution in [3.05, 3.63) is 95.1 Å². The Balaban J connectivity index is 2.27. The van der Waals surface area contributed by atoms with Crippen LogP contribution in [0.2, 0.25) is 0 Å². The van der Waals surface area contributed by atoms with E-state index >= 15 is 0 Å². The maximum atomic E-state index is 6.63. The molecule has 2 aromatic rings. The predicted molar refractivity (Wildman–Crippen MR) is 108 cm³/mol. The molecule has 2 atom stereocenters. The van der Waals surface area contributed by atoms with Crippen LogP contribution in [-0.4, -0.2) is 0 Å². The van der Waals surface area contributed by atoms with Crippen molar-refractivity contribution in [1.82, 2.24) is 0 Å². The zero-order valence-electron chi connectivity index (χ0n) is 15.9. The van der Waals surface area contributed by atoms with Crippen molar-refractivity contribution in [2.24, 2.45) is 0 Å². The summed E-state index contributed by atoms with van der Waals surface area (Å²) in [5.74, 6) is 0. The molecule has 0 heterocycles. The summed E-state index contributed by atoms with van der Waals surface area (Å²) in [5, 5.41) is 0. The van der Waals surface area contributed by atoms with Crippen LogP contribution in [0, 0.1) is 0 Å². The molecule has 0 amide bonds. The van der Waals surface area contributed by atoms with E-state index in [2.05, 4.69) is 101 Å². The van der Waals surface area contributed by atoms with Crippen LogP contribution in [0.15, 0.2) is 84.0 Å². The smallest absolute Gasteiger partial charge is 0.0867 e. The summed E-state index contributed by atoms with van der Waals surface area (Å²) in [7, 11) is 0. The highest BCUT2D eigenvalue weighted by Crippen LogP contribution is 2.32. The van der Waals surface area contributed by atoms with E-state index < -0.39 is 0 Å². The molecule has 0 saturated carbocycles. The lowest BCUT2D eigenvalue weighted by molar-refractivity contribution is -0.0122. The third-order valence-corrected chi connectivity index (χ3v) is 4.15. The van der Waals surface area contributed by atoms with Gasteiger partial charge < -0.3 is 4.74 Å². The molecule has 0 radical (unpaired) electrons. The second-order valence-corrected chi connectivity index (χ2v) is 6.97. The van der Waals surface area contributed by atoms with Gasteiger partial charge in [-0.2, -0.15) is 0 Å². The summed E-state index contributed by atoms with van der Waals surface area (Å²) in [6.07, 6.45) is 6.44. The molecule has 2 rings (SSSR count). The first-order valence-electron chi connectivity index (χ1n) is 9.08. The third-order valence-electron chi connectivity index (χ3n) is 4.15. The molecule has 0 N–H and O–H groups in total. The fourth-order valence-electron chi connectivity index (χ4n) is 2.76. The minimum Gasteiger partial charge on any atom is -0.365 e. The van der Waals surface area contributed by atoms with Gasteiger partial charge in [0.15, 0.2) is 0 Å². The summed E-state index contributed by atoms with van der Waals surface area (Å²) in [6, 6.07) is 21.1. The summed E-state index contributed by atoms with van der Waals surface area (Å²) < 4.78 is 6.63. The lowest BCUT2D eigenvalue weighted by atomic mass is 10.0. The molecule has 0 aromatic heterocycles. The quantitative estimate of drug-likeness (QED) is 0.464. The first kappa shape index (κ1) is 19.2. The Morgan fingerprint density at radius 3 is 1.36 bits per heavy atom. The fourth-order valence-corrected chi connectivity index (χ4v) is 2.76. The Morgan fingerprint density at radius 2 is 1.04 bits per heavy atom. The van der Waals surface area contributed by atoms with Crippen LogP contribution in [0.25, 0.3) is 0 Å². The Bertz CT molecular complexity index is 613. The average molecular weight is 335 g/mol. The molecule has 25 heavy (non-hydrogen) atoms. The Morgan fingerprint density at radius 1 is 0.680 bits per heavy atom. The van der Waals surface area contributed by atoms with E-state index in [1.165, 1.54) is 22.3 Å². The van der Waals surface area contributed by atoms with Crippen molar-refractivity contribution in [1.29, 1.82) is 0 Å². The van der Waals surface area contributed by atoms with Gasteiger partial charge >= 0.3 is 0 Å². The van der Waals surface area contributed by atoms with Gasteiger partial charge in [0.2, 0.25) is 0 Å². The van der Waals surface area contributed by atoms with Crippen LogP contribution < -0.4 is 0 Å². The van der Waals surface area contributed by atoms with Gasteiger partial charge in [0.25, 0.3) is 0 Å². The standard InChI is InChI=1S/C24H30O/c1-19(2)15-17-23(21-11-7-5-8-12-21)25-24(18-16-20(3)4)22-13-9-6-10-14-22/h5-16,23-24H,17-18H2,1-4H3. The summed E-state index contributed by atoms with van der Waals surface area (Å²) in [6.45, 7) is 8.56. The number of allylic oxidation sites excluding steroid dienone is 2. The highest BCUT2D eigenvalue weighted by molar-refractivity contribution is 5.22. The van der Waals surface area contributed by atoms with Crippen LogP contribution in [0.4, 0.5) is 0 Å². The Hall–Kier alpha value is -2.12. The molecular formula is C24H30O. The molecule has 0 spiro atoms. The molecule has 132 valence electrons. The van der Waals surface area contributed by atoms with Crippen LogP contribution in [0.3, 0.4) is 0 Å². The molecule has 0 aliphatic heterocycles. The number of hydrogen-bond acceptors (Lipinski definition) is 1. The molecule has 0 fully saturated rings. The Labute approximate surface area is 153 Å². The van der Waals surface area contributed by atoms with Crippen LogP contribution >= 0.6 is 0 Å². The van der Waals surface area contributed by atoms with Gasteiger partial charge in [-0.05, 0) is 51.7 Å². The lowest BCUT2D eigenvalue weighted by Gasteiger charge is -2.25. The Kier molecular flexibility index (Phi) is 7.69. The molecule has 2 unspecified atom stereocenters. The minimum absolute atomic E-state index is 0.0619. The van der Waals surface area contributed by atoms with Gasteiger partial charge in [0, 0.05) is 0 Å². The SMILES string of the molecule is CC(C)=CCC(OC(CC=C(C)C)c1ccccc1)c1ccccc1. The van der Waals surface area contributed by atoms with Crippen molar-refractivity contribution in [2.45, 2.75) is 52.7 Å². The van der Waals surface area contributed by atoms with Crippen molar-refractivity contribution in [2.75, 3.05) is 0 Å². The van der Waals surface area contributed by atoms with Crippen molar-refractivity contribution < 1.29 is 4.74 Å². The van der Waals surface area contributed by atoms with Gasteiger partial charge in [-0.25, -0.2) is 0 Å². The molecule has 2 aromatic carbocycles. The van der Waals surface area contributed by atoms with E-state index in [1.54, 1.807) is 0 Å². The largest absolute Gasteiger partial charge is 0.365 e. The van der Waals surface area contributed by atoms with Crippen LogP contribution in [0.5, 0.6) is 0 Å². The van der Waals surface area contributed by atoms with Crippen molar-refractivity contribution >= 4 is 0 Å². The molecule has 1 heteroatoms. The lowest BCUT2D eigenvalue weighted by Crippen LogP contribution is -2.10. The van der Waals surface area contributed by atoms with Gasteiger partial charge in [0.05, 0.1) is 12.2 Å². The highest BCUT2D eigenvalue weighted by atomic mass is 16.5. The molecule has 0 bridgehead atoms. The minimum atomic E-state index is 0.0619. The van der Waals surface area contributed by atoms with E-state index in [0.717, 1.165) is 12.8 Å². The summed E-state index contributed by atoms with van der Waals surface area (Å²) >= 11 is 0. The van der Waals surface area contributed by atoms with Gasteiger partial charge in [-0.3, -0.25) is 0 Å². The number of ether oxygens (including phenoxy) is 1. The molecule has 0 aliphatic rings. The van der Waals surface area contributed by atoms with Gasteiger partial charge in [-0.1, -0.05) is 84.0 Å². The maximum Gasteiger partial charge on any atom is 0.0867 e. The molecular weight excluding hydrogens is 304 g/mol. The van der Waals surface area contributed by atoms with E-state index in [4.69, 9.17) is 4.74 Å². The van der Waals surface area contributed by atoms with E-state index in [-0.39, 0.29) is 12.2 Å². The normalized spacial score (nSPS) is 13.0. The van der Waals surface area contributed by atoms with E-state index in [1.807, 2.05) is 0 Å². The van der Waals surface area contributed by atoms with E-state index in [9.17, 15) is 0 Å². The molecule has 1 nitrogen and oxygen atoms in total. The predicted octanol–water partition coefficient (Wildman–Crippen LogP) is 7.20. The van der Waals surface area contributed by atoms with Crippen LogP contribution in [0.1, 0.15) is 63.9 Å². The first-order valence-corrected chi connectivity index (χ1v) is 9.08. The zero-order valence-corrected chi connectivity index (χ0v) is 15.9. The van der Waals surface area contributed by atoms with Crippen LogP contribution in [-0.2, 0) is 4.74 Å². The molecule has 0 saturated heterocycles. The van der Waals surface area contributed by atoms with Gasteiger partial charge in [0.1, 0.15) is 0 Å². The summed E-state index contributed by atoms with van der Waals surface area (Å²) in [4.78, 5) is 0. The van der Waals surface area contributed by atoms with Crippen molar-refractivity contribution in [3.8, 4) is 0 Å². The first-order chi connectivity index (χ1) is 12.1. The molecule has 0 aliphatic carbocycles. The average Bonchev–Trinajstić information content (AvgIpc) is 2.62. The number of hydrogen-bond donors (Lipinski definition) is 0. The second-order valence-electron chi connectivity index (χ2n) is 6.97. The topological polar surface area (TPSA) is 9.23 Å². The highest BCUT2D eigenvalue weighted by Gasteiger charge is 2.18. The maximum absolute atomic E-state index is 6.63. The third kappa shape index (κ3) is 6.72.